The smallest absolute Gasteiger partial charge is 0.157 e. The SMILES string of the molecule is OC1(CCC2OCCO2)CC2CCC(C1)O2. The third kappa shape index (κ3) is 2.25. The quantitative estimate of drug-likeness (QED) is 0.789. The Labute approximate surface area is 95.9 Å². The van der Waals surface area contributed by atoms with Crippen molar-refractivity contribution in [2.45, 2.75) is 62.6 Å². The van der Waals surface area contributed by atoms with Crippen molar-refractivity contribution >= 4 is 0 Å². The highest BCUT2D eigenvalue weighted by Crippen LogP contribution is 2.40. The van der Waals surface area contributed by atoms with Crippen LogP contribution in [-0.4, -0.2) is 42.4 Å². The molecule has 3 rings (SSSR count). The summed E-state index contributed by atoms with van der Waals surface area (Å²) >= 11 is 0. The van der Waals surface area contributed by atoms with Gasteiger partial charge in [0.25, 0.3) is 0 Å². The van der Waals surface area contributed by atoms with Gasteiger partial charge >= 0.3 is 0 Å². The van der Waals surface area contributed by atoms with Crippen molar-refractivity contribution < 1.29 is 19.3 Å². The molecule has 0 saturated carbocycles. The molecule has 3 heterocycles. The minimum atomic E-state index is -0.542. The molecule has 2 atom stereocenters. The number of aliphatic hydroxyl groups is 1. The van der Waals surface area contributed by atoms with Gasteiger partial charge in [-0.3, -0.25) is 0 Å². The number of rotatable bonds is 3. The fourth-order valence-electron chi connectivity index (χ4n) is 3.18. The van der Waals surface area contributed by atoms with E-state index in [0.717, 1.165) is 38.5 Å². The van der Waals surface area contributed by atoms with E-state index < -0.39 is 5.60 Å². The molecule has 0 aromatic rings. The van der Waals surface area contributed by atoms with Crippen molar-refractivity contribution in [2.75, 3.05) is 13.2 Å². The Balaban J connectivity index is 1.52. The molecule has 0 aromatic heterocycles. The fraction of sp³-hybridized carbons (Fsp3) is 1.00. The summed E-state index contributed by atoms with van der Waals surface area (Å²) in [6.45, 7) is 1.38. The lowest BCUT2D eigenvalue weighted by Gasteiger charge is -2.36. The molecule has 3 aliphatic rings. The van der Waals surface area contributed by atoms with Gasteiger partial charge in [-0.2, -0.15) is 0 Å². The zero-order valence-electron chi connectivity index (χ0n) is 9.56. The standard InChI is InChI=1S/C12H20O4/c13-12(4-3-11-14-5-6-15-11)7-9-1-2-10(8-12)16-9/h9-11,13H,1-8H2. The van der Waals surface area contributed by atoms with Gasteiger partial charge in [-0.25, -0.2) is 0 Å². The first kappa shape index (κ1) is 11.0. The van der Waals surface area contributed by atoms with Gasteiger partial charge in [-0.15, -0.1) is 0 Å². The van der Waals surface area contributed by atoms with E-state index in [1.54, 1.807) is 0 Å². The Morgan fingerprint density at radius 3 is 2.31 bits per heavy atom. The zero-order valence-corrected chi connectivity index (χ0v) is 9.56. The van der Waals surface area contributed by atoms with Crippen LogP contribution in [0.4, 0.5) is 0 Å². The highest BCUT2D eigenvalue weighted by molar-refractivity contribution is 4.94. The zero-order chi connectivity index (χ0) is 11.0. The van der Waals surface area contributed by atoms with E-state index in [4.69, 9.17) is 14.2 Å². The van der Waals surface area contributed by atoms with Crippen LogP contribution in [-0.2, 0) is 14.2 Å². The molecule has 0 spiro atoms. The number of hydrogen-bond acceptors (Lipinski definition) is 4. The van der Waals surface area contributed by atoms with Crippen LogP contribution in [0.25, 0.3) is 0 Å². The monoisotopic (exact) mass is 228 g/mol. The Hall–Kier alpha value is -0.160. The van der Waals surface area contributed by atoms with Gasteiger partial charge < -0.3 is 19.3 Å². The molecule has 3 saturated heterocycles. The molecule has 0 amide bonds. The van der Waals surface area contributed by atoms with E-state index in [2.05, 4.69) is 0 Å². The van der Waals surface area contributed by atoms with Crippen molar-refractivity contribution in [3.05, 3.63) is 0 Å². The van der Waals surface area contributed by atoms with Gasteiger partial charge in [0.05, 0.1) is 31.0 Å². The second-order valence-corrected chi connectivity index (χ2v) is 5.30. The van der Waals surface area contributed by atoms with E-state index in [1.807, 2.05) is 0 Å². The van der Waals surface area contributed by atoms with Crippen LogP contribution in [0, 0.1) is 0 Å². The average molecular weight is 228 g/mol. The van der Waals surface area contributed by atoms with Crippen molar-refractivity contribution in [1.82, 2.24) is 0 Å². The van der Waals surface area contributed by atoms with Crippen LogP contribution >= 0.6 is 0 Å². The predicted octanol–water partition coefficient (Wildman–Crippen LogP) is 1.21. The molecule has 2 unspecified atom stereocenters. The van der Waals surface area contributed by atoms with Gasteiger partial charge in [0, 0.05) is 19.3 Å². The molecular weight excluding hydrogens is 208 g/mol. The Kier molecular flexibility index (Phi) is 2.92. The van der Waals surface area contributed by atoms with E-state index in [-0.39, 0.29) is 18.5 Å². The fourth-order valence-corrected chi connectivity index (χ4v) is 3.18. The van der Waals surface area contributed by atoms with Crippen LogP contribution < -0.4 is 0 Å². The predicted molar refractivity (Wildman–Crippen MR) is 57.0 cm³/mol. The lowest BCUT2D eigenvalue weighted by molar-refractivity contribution is -0.128. The van der Waals surface area contributed by atoms with E-state index in [1.165, 1.54) is 0 Å². The Bertz CT molecular complexity index is 237. The summed E-state index contributed by atoms with van der Waals surface area (Å²) in [4.78, 5) is 0. The molecule has 0 aromatic carbocycles. The Morgan fingerprint density at radius 2 is 1.69 bits per heavy atom. The Morgan fingerprint density at radius 1 is 1.06 bits per heavy atom. The molecule has 0 radical (unpaired) electrons. The lowest BCUT2D eigenvalue weighted by Crippen LogP contribution is -2.41. The average Bonchev–Trinajstić information content (AvgIpc) is 2.86. The molecular formula is C12H20O4. The number of fused-ring (bicyclic) bond motifs is 2. The summed E-state index contributed by atoms with van der Waals surface area (Å²) in [5.74, 6) is 0. The van der Waals surface area contributed by atoms with Crippen LogP contribution in [0.1, 0.15) is 38.5 Å². The van der Waals surface area contributed by atoms with E-state index in [9.17, 15) is 5.11 Å². The molecule has 4 heteroatoms. The summed E-state index contributed by atoms with van der Waals surface area (Å²) in [7, 11) is 0. The summed E-state index contributed by atoms with van der Waals surface area (Å²) in [5.41, 5.74) is -0.542. The van der Waals surface area contributed by atoms with E-state index in [0.29, 0.717) is 13.2 Å². The van der Waals surface area contributed by atoms with Gasteiger partial charge in [0.1, 0.15) is 0 Å². The third-order valence-electron chi connectivity index (χ3n) is 3.95. The maximum Gasteiger partial charge on any atom is 0.157 e. The summed E-state index contributed by atoms with van der Waals surface area (Å²) < 4.78 is 16.5. The van der Waals surface area contributed by atoms with Crippen molar-refractivity contribution in [3.63, 3.8) is 0 Å². The largest absolute Gasteiger partial charge is 0.390 e. The van der Waals surface area contributed by atoms with Crippen LogP contribution in [0.5, 0.6) is 0 Å². The van der Waals surface area contributed by atoms with E-state index >= 15 is 0 Å². The molecule has 92 valence electrons. The topological polar surface area (TPSA) is 47.9 Å². The van der Waals surface area contributed by atoms with Crippen molar-refractivity contribution in [3.8, 4) is 0 Å². The van der Waals surface area contributed by atoms with Gasteiger partial charge in [-0.05, 0) is 19.3 Å². The van der Waals surface area contributed by atoms with Gasteiger partial charge in [0.15, 0.2) is 6.29 Å². The normalized spacial score (nSPS) is 44.1. The van der Waals surface area contributed by atoms with Crippen LogP contribution in [0.3, 0.4) is 0 Å². The van der Waals surface area contributed by atoms with Crippen LogP contribution in [0.2, 0.25) is 0 Å². The first-order valence-electron chi connectivity index (χ1n) is 6.35. The summed E-state index contributed by atoms with van der Waals surface area (Å²) in [6.07, 6.45) is 5.86. The molecule has 3 aliphatic heterocycles. The van der Waals surface area contributed by atoms with Crippen molar-refractivity contribution in [1.29, 1.82) is 0 Å². The highest BCUT2D eigenvalue weighted by atomic mass is 16.7. The number of ether oxygens (including phenoxy) is 3. The molecule has 4 nitrogen and oxygen atoms in total. The minimum Gasteiger partial charge on any atom is -0.390 e. The third-order valence-corrected chi connectivity index (χ3v) is 3.95. The second-order valence-electron chi connectivity index (χ2n) is 5.30. The van der Waals surface area contributed by atoms with Crippen LogP contribution in [0.15, 0.2) is 0 Å². The second kappa shape index (κ2) is 4.26. The molecule has 2 bridgehead atoms. The maximum atomic E-state index is 10.5. The van der Waals surface area contributed by atoms with Gasteiger partial charge in [0.2, 0.25) is 0 Å². The summed E-state index contributed by atoms with van der Waals surface area (Å²) in [5, 5.41) is 10.5. The van der Waals surface area contributed by atoms with Crippen molar-refractivity contribution in [2.24, 2.45) is 0 Å². The van der Waals surface area contributed by atoms with Gasteiger partial charge in [-0.1, -0.05) is 0 Å². The molecule has 0 aliphatic carbocycles. The lowest BCUT2D eigenvalue weighted by atomic mass is 9.86. The first-order valence-corrected chi connectivity index (χ1v) is 6.35. The molecule has 3 fully saturated rings. The highest BCUT2D eigenvalue weighted by Gasteiger charge is 2.43. The molecule has 16 heavy (non-hydrogen) atoms. The number of hydrogen-bond donors (Lipinski definition) is 1. The first-order chi connectivity index (χ1) is 7.73. The molecule has 1 N–H and O–H groups in total. The minimum absolute atomic E-state index is 0.0930. The summed E-state index contributed by atoms with van der Waals surface area (Å²) in [6, 6.07) is 0. The maximum absolute atomic E-state index is 10.5.